The fraction of sp³-hybridized carbons (Fsp3) is 0.188. The number of hydrogen-bond donors (Lipinski definition) is 1. The number of hydrogen-bond acceptors (Lipinski definition) is 6. The molecule has 0 aliphatic rings. The lowest BCUT2D eigenvalue weighted by Gasteiger charge is -2.14. The minimum absolute atomic E-state index is 0.0384. The van der Waals surface area contributed by atoms with E-state index in [4.69, 9.17) is 11.6 Å². The topological polar surface area (TPSA) is 121 Å². The van der Waals surface area contributed by atoms with E-state index < -0.39 is 28.4 Å². The normalized spacial score (nSPS) is 11.5. The summed E-state index contributed by atoms with van der Waals surface area (Å²) in [5.74, 6) is -1.29. The van der Waals surface area contributed by atoms with Crippen molar-refractivity contribution in [3.8, 4) is 0 Å². The lowest BCUT2D eigenvalue weighted by Crippen LogP contribution is -2.31. The fourth-order valence-corrected chi connectivity index (χ4v) is 2.43. The Labute approximate surface area is 152 Å². The minimum Gasteiger partial charge on any atom is -0.467 e. The van der Waals surface area contributed by atoms with Crippen LogP contribution in [0.2, 0.25) is 5.02 Å². The molecule has 0 bridgehead atoms. The molecule has 0 radical (unpaired) electrons. The Morgan fingerprint density at radius 1 is 1.35 bits per heavy atom. The number of pyridine rings is 1. The predicted molar refractivity (Wildman–Crippen MR) is 93.5 cm³/mol. The van der Waals surface area contributed by atoms with Crippen molar-refractivity contribution in [3.05, 3.63) is 67.6 Å². The van der Waals surface area contributed by atoms with Crippen LogP contribution in [-0.4, -0.2) is 28.5 Å². The summed E-state index contributed by atoms with van der Waals surface area (Å²) in [7, 11) is 1.20. The molecule has 1 amide bonds. The van der Waals surface area contributed by atoms with E-state index in [1.54, 1.807) is 0 Å². The quantitative estimate of drug-likeness (QED) is 0.483. The number of aromatic nitrogens is 1. The lowest BCUT2D eigenvalue weighted by molar-refractivity contribution is -0.384. The summed E-state index contributed by atoms with van der Waals surface area (Å²) in [6.45, 7) is 1.48. The van der Waals surface area contributed by atoms with Gasteiger partial charge in [-0.25, -0.2) is 4.79 Å². The molecule has 1 unspecified atom stereocenters. The van der Waals surface area contributed by atoms with Crippen molar-refractivity contribution in [3.63, 3.8) is 0 Å². The molecule has 26 heavy (non-hydrogen) atoms. The number of ether oxygens (including phenoxy) is 1. The maximum Gasteiger partial charge on any atom is 0.328 e. The van der Waals surface area contributed by atoms with Crippen LogP contribution in [0.4, 0.5) is 11.4 Å². The van der Waals surface area contributed by atoms with Gasteiger partial charge < -0.3 is 10.1 Å². The number of anilines is 1. The first kappa shape index (κ1) is 19.1. The molecule has 2 rings (SSSR count). The van der Waals surface area contributed by atoms with Gasteiger partial charge in [0, 0.05) is 17.8 Å². The molecule has 0 fully saturated rings. The van der Waals surface area contributed by atoms with E-state index in [0.717, 1.165) is 16.7 Å². The summed E-state index contributed by atoms with van der Waals surface area (Å²) in [4.78, 5) is 46.4. The van der Waals surface area contributed by atoms with Crippen molar-refractivity contribution >= 4 is 34.9 Å². The first-order valence-corrected chi connectivity index (χ1v) is 7.68. The van der Waals surface area contributed by atoms with E-state index in [0.29, 0.717) is 0 Å². The molecule has 9 nitrogen and oxygen atoms in total. The number of halogens is 1. The summed E-state index contributed by atoms with van der Waals surface area (Å²) in [5.41, 5.74) is -0.969. The van der Waals surface area contributed by atoms with Crippen LogP contribution in [0.5, 0.6) is 0 Å². The van der Waals surface area contributed by atoms with Crippen molar-refractivity contribution < 1.29 is 19.2 Å². The van der Waals surface area contributed by atoms with Crippen molar-refractivity contribution in [2.24, 2.45) is 0 Å². The molecule has 10 heteroatoms. The van der Waals surface area contributed by atoms with Crippen LogP contribution >= 0.6 is 11.6 Å². The smallest absolute Gasteiger partial charge is 0.328 e. The molecule has 1 aromatic carbocycles. The van der Waals surface area contributed by atoms with Crippen LogP contribution < -0.4 is 10.9 Å². The van der Waals surface area contributed by atoms with Gasteiger partial charge in [-0.15, -0.1) is 0 Å². The van der Waals surface area contributed by atoms with E-state index in [-0.39, 0.29) is 22.0 Å². The molecule has 1 N–H and O–H groups in total. The average Bonchev–Trinajstić information content (AvgIpc) is 2.61. The predicted octanol–water partition coefficient (Wildman–Crippen LogP) is 2.40. The SMILES string of the molecule is COC(=O)C(C)n1cccc(NC(=O)c2ccc([N+](=O)[O-])c(Cl)c2)c1=O. The molecule has 1 atom stereocenters. The first-order valence-electron chi connectivity index (χ1n) is 7.30. The average molecular weight is 380 g/mol. The molecule has 1 aromatic heterocycles. The number of esters is 1. The summed E-state index contributed by atoms with van der Waals surface area (Å²) < 4.78 is 5.72. The van der Waals surface area contributed by atoms with E-state index in [1.165, 1.54) is 38.4 Å². The van der Waals surface area contributed by atoms with E-state index >= 15 is 0 Å². The van der Waals surface area contributed by atoms with Crippen molar-refractivity contribution in [1.82, 2.24) is 4.57 Å². The maximum atomic E-state index is 12.4. The Kier molecular flexibility index (Phi) is 5.73. The Hall–Kier alpha value is -3.20. The number of methoxy groups -OCH3 is 1. The molecule has 136 valence electrons. The van der Waals surface area contributed by atoms with Gasteiger partial charge in [0.15, 0.2) is 0 Å². The van der Waals surface area contributed by atoms with Crippen LogP contribution in [0.1, 0.15) is 23.3 Å². The highest BCUT2D eigenvalue weighted by molar-refractivity contribution is 6.33. The van der Waals surface area contributed by atoms with Gasteiger partial charge in [0.25, 0.3) is 17.2 Å². The van der Waals surface area contributed by atoms with Gasteiger partial charge in [-0.05, 0) is 31.2 Å². The summed E-state index contributed by atoms with van der Waals surface area (Å²) in [5, 5.41) is 13.0. The van der Waals surface area contributed by atoms with Crippen LogP contribution in [0.3, 0.4) is 0 Å². The first-order chi connectivity index (χ1) is 12.3. The Bertz CT molecular complexity index is 940. The molecule has 0 aliphatic carbocycles. The summed E-state index contributed by atoms with van der Waals surface area (Å²) >= 11 is 5.78. The third-order valence-corrected chi connectivity index (χ3v) is 3.89. The number of rotatable bonds is 5. The third-order valence-electron chi connectivity index (χ3n) is 3.59. The van der Waals surface area contributed by atoms with Gasteiger partial charge in [0.05, 0.1) is 12.0 Å². The van der Waals surface area contributed by atoms with Gasteiger partial charge >= 0.3 is 5.97 Å². The van der Waals surface area contributed by atoms with E-state index in [2.05, 4.69) is 10.1 Å². The molecule has 0 spiro atoms. The number of amides is 1. The van der Waals surface area contributed by atoms with E-state index in [1.807, 2.05) is 0 Å². The summed E-state index contributed by atoms with van der Waals surface area (Å²) in [6, 6.07) is 5.43. The number of nitro benzene ring substituents is 1. The number of nitrogens with one attached hydrogen (secondary N) is 1. The van der Waals surface area contributed by atoms with Gasteiger partial charge in [0.1, 0.15) is 16.8 Å². The van der Waals surface area contributed by atoms with Gasteiger partial charge in [-0.1, -0.05) is 11.6 Å². The second-order valence-electron chi connectivity index (χ2n) is 5.21. The second-order valence-corrected chi connectivity index (χ2v) is 5.62. The second kappa shape index (κ2) is 7.79. The van der Waals surface area contributed by atoms with Crippen LogP contribution in [0, 0.1) is 10.1 Å². The zero-order chi connectivity index (χ0) is 19.4. The molecule has 2 aromatic rings. The molecule has 1 heterocycles. The lowest BCUT2D eigenvalue weighted by atomic mass is 10.2. The Balaban J connectivity index is 2.30. The highest BCUT2D eigenvalue weighted by atomic mass is 35.5. The number of carbonyl (C=O) groups excluding carboxylic acids is 2. The molecule has 0 saturated heterocycles. The molecular weight excluding hydrogens is 366 g/mol. The zero-order valence-corrected chi connectivity index (χ0v) is 14.5. The third kappa shape index (κ3) is 3.89. The largest absolute Gasteiger partial charge is 0.467 e. The van der Waals surface area contributed by atoms with Gasteiger partial charge in [-0.2, -0.15) is 0 Å². The zero-order valence-electron chi connectivity index (χ0n) is 13.8. The van der Waals surface area contributed by atoms with Gasteiger partial charge in [0.2, 0.25) is 0 Å². The van der Waals surface area contributed by atoms with Crippen molar-refractivity contribution in [2.75, 3.05) is 12.4 Å². The Morgan fingerprint density at radius 2 is 2.04 bits per heavy atom. The molecule has 0 saturated carbocycles. The van der Waals surface area contributed by atoms with Crippen molar-refractivity contribution in [1.29, 1.82) is 0 Å². The standard InChI is InChI=1S/C16H14ClN3O6/c1-9(16(23)26-2)19-7-3-4-12(15(19)22)18-14(21)10-5-6-13(20(24)25)11(17)8-10/h3-9H,1-2H3,(H,18,21). The van der Waals surface area contributed by atoms with E-state index in [9.17, 15) is 24.5 Å². The number of nitrogens with zero attached hydrogens (tertiary/aromatic N) is 2. The number of nitro groups is 1. The highest BCUT2D eigenvalue weighted by Gasteiger charge is 2.19. The maximum absolute atomic E-state index is 12.4. The molecule has 0 aliphatic heterocycles. The Morgan fingerprint density at radius 3 is 2.62 bits per heavy atom. The number of benzene rings is 1. The monoisotopic (exact) mass is 379 g/mol. The van der Waals surface area contributed by atoms with Gasteiger partial charge in [-0.3, -0.25) is 24.3 Å². The minimum atomic E-state index is -0.877. The fourth-order valence-electron chi connectivity index (χ4n) is 2.18. The van der Waals surface area contributed by atoms with Crippen LogP contribution in [0.25, 0.3) is 0 Å². The molecular formula is C16H14ClN3O6. The van der Waals surface area contributed by atoms with Crippen LogP contribution in [0.15, 0.2) is 41.3 Å². The number of carbonyl (C=O) groups is 2. The van der Waals surface area contributed by atoms with Crippen molar-refractivity contribution in [2.45, 2.75) is 13.0 Å². The van der Waals surface area contributed by atoms with Crippen LogP contribution in [-0.2, 0) is 9.53 Å². The highest BCUT2D eigenvalue weighted by Crippen LogP contribution is 2.25. The summed E-state index contributed by atoms with van der Waals surface area (Å²) in [6.07, 6.45) is 1.39.